The lowest BCUT2D eigenvalue weighted by molar-refractivity contribution is -0.727. The molecule has 0 bridgehead atoms. The number of aromatic nitrogens is 3. The van der Waals surface area contributed by atoms with E-state index >= 15 is 0 Å². The molecule has 0 unspecified atom stereocenters. The Morgan fingerprint density at radius 2 is 1.92 bits per heavy atom. The Labute approximate surface area is 82.8 Å². The molecule has 0 aliphatic heterocycles. The maximum atomic E-state index is 4.19. The molecule has 0 radical (unpaired) electrons. The smallest absolute Gasteiger partial charge is 0.307 e. The van der Waals surface area contributed by atoms with Crippen LogP contribution in [0, 0.1) is 0 Å². The molecule has 0 spiro atoms. The van der Waals surface area contributed by atoms with Crippen molar-refractivity contribution < 1.29 is 17.1 Å². The summed E-state index contributed by atoms with van der Waals surface area (Å²) in [5.41, 5.74) is 1.11. The van der Waals surface area contributed by atoms with E-state index in [2.05, 4.69) is 10.1 Å². The Morgan fingerprint density at radius 3 is 2.46 bits per heavy atom. The number of H-pyrrole nitrogens is 1. The number of aryl methyl sites for hydroxylation is 1. The van der Waals surface area contributed by atoms with Gasteiger partial charge in [0.05, 0.1) is 0 Å². The number of hydrogen-bond acceptors (Lipinski definition) is 1. The molecule has 1 aromatic carbocycles. The Bertz CT molecular complexity index is 369. The highest BCUT2D eigenvalue weighted by molar-refractivity contribution is 5.52. The molecule has 68 valence electrons. The Kier molecular flexibility index (Phi) is 3.03. The summed E-state index contributed by atoms with van der Waals surface area (Å²) in [6, 6.07) is 10.0. The van der Waals surface area contributed by atoms with Gasteiger partial charge in [0.15, 0.2) is 0 Å². The maximum Gasteiger partial charge on any atom is 0.307 e. The van der Waals surface area contributed by atoms with Crippen LogP contribution in [0.4, 0.5) is 0 Å². The molecule has 0 aliphatic carbocycles. The van der Waals surface area contributed by atoms with Crippen LogP contribution >= 0.6 is 0 Å². The number of rotatable bonds is 1. The summed E-state index contributed by atoms with van der Waals surface area (Å²) < 4.78 is 1.82. The summed E-state index contributed by atoms with van der Waals surface area (Å²) in [5, 5.41) is 3.10. The first-order valence-electron chi connectivity index (χ1n) is 3.82. The van der Waals surface area contributed by atoms with Gasteiger partial charge < -0.3 is 12.4 Å². The molecule has 1 N–H and O–H groups in total. The van der Waals surface area contributed by atoms with Crippen molar-refractivity contribution in [3.63, 3.8) is 0 Å². The Morgan fingerprint density at radius 1 is 1.23 bits per heavy atom. The van der Waals surface area contributed by atoms with Crippen molar-refractivity contribution in [2.45, 2.75) is 0 Å². The molecule has 13 heavy (non-hydrogen) atoms. The van der Waals surface area contributed by atoms with Crippen LogP contribution in [0.2, 0.25) is 0 Å². The van der Waals surface area contributed by atoms with Crippen molar-refractivity contribution in [2.24, 2.45) is 7.05 Å². The van der Waals surface area contributed by atoms with Gasteiger partial charge in [0.1, 0.15) is 7.05 Å². The maximum absolute atomic E-state index is 4.19. The van der Waals surface area contributed by atoms with Crippen molar-refractivity contribution in [1.82, 2.24) is 10.1 Å². The molecule has 0 fully saturated rings. The molecule has 2 rings (SSSR count). The molecule has 0 amide bonds. The predicted molar refractivity (Wildman–Crippen MR) is 45.2 cm³/mol. The first-order chi connectivity index (χ1) is 5.86. The standard InChI is InChI=1S/C9H9N3.ClH/c1-12-7-10-9(11-12)8-5-3-2-4-6-8;/h2-7H,1H3;1H. The molecule has 1 aromatic heterocycles. The van der Waals surface area contributed by atoms with E-state index in [0.29, 0.717) is 0 Å². The summed E-state index contributed by atoms with van der Waals surface area (Å²) in [4.78, 5) is 4.19. The van der Waals surface area contributed by atoms with E-state index in [9.17, 15) is 0 Å². The second-order valence-electron chi connectivity index (χ2n) is 2.68. The second kappa shape index (κ2) is 4.05. The first-order valence-corrected chi connectivity index (χ1v) is 3.82. The van der Waals surface area contributed by atoms with E-state index in [1.165, 1.54) is 0 Å². The fraction of sp³-hybridized carbons (Fsp3) is 0.111. The van der Waals surface area contributed by atoms with Crippen LogP contribution in [-0.2, 0) is 7.05 Å². The van der Waals surface area contributed by atoms with Crippen LogP contribution in [0.15, 0.2) is 36.7 Å². The van der Waals surface area contributed by atoms with Gasteiger partial charge in [-0.15, -0.1) is 0 Å². The summed E-state index contributed by atoms with van der Waals surface area (Å²) in [5.74, 6) is 0.901. The van der Waals surface area contributed by atoms with Crippen LogP contribution < -0.4 is 17.1 Å². The molecule has 2 aromatic rings. The van der Waals surface area contributed by atoms with E-state index in [1.807, 2.05) is 42.1 Å². The lowest BCUT2D eigenvalue weighted by Crippen LogP contribution is -3.00. The average molecular weight is 196 g/mol. The number of nitrogens with one attached hydrogen (secondary N) is 1. The van der Waals surface area contributed by atoms with Crippen molar-refractivity contribution in [1.29, 1.82) is 0 Å². The molecular formula is C9H10ClN3. The lowest BCUT2D eigenvalue weighted by atomic mass is 10.2. The predicted octanol–water partition coefficient (Wildman–Crippen LogP) is -2.09. The van der Waals surface area contributed by atoms with Gasteiger partial charge in [0, 0.05) is 5.56 Å². The minimum atomic E-state index is 0. The third kappa shape index (κ3) is 2.06. The van der Waals surface area contributed by atoms with Crippen LogP contribution in [0.5, 0.6) is 0 Å². The first kappa shape index (κ1) is 9.74. The monoisotopic (exact) mass is 195 g/mol. The van der Waals surface area contributed by atoms with E-state index < -0.39 is 0 Å². The van der Waals surface area contributed by atoms with Gasteiger partial charge in [0.25, 0.3) is 5.82 Å². The highest BCUT2D eigenvalue weighted by Crippen LogP contribution is 2.10. The average Bonchev–Trinajstić information content (AvgIpc) is 2.54. The minimum absolute atomic E-state index is 0. The number of benzene rings is 1. The van der Waals surface area contributed by atoms with Crippen molar-refractivity contribution >= 4 is 0 Å². The van der Waals surface area contributed by atoms with Crippen LogP contribution in [0.1, 0.15) is 0 Å². The van der Waals surface area contributed by atoms with Gasteiger partial charge in [-0.2, -0.15) is 9.78 Å². The highest BCUT2D eigenvalue weighted by Gasteiger charge is 2.06. The summed E-state index contributed by atoms with van der Waals surface area (Å²) in [7, 11) is 1.92. The van der Waals surface area contributed by atoms with Crippen molar-refractivity contribution in [3.8, 4) is 11.4 Å². The quantitative estimate of drug-likeness (QED) is 0.520. The van der Waals surface area contributed by atoms with Gasteiger partial charge in [-0.05, 0) is 17.1 Å². The molecule has 1 heterocycles. The fourth-order valence-corrected chi connectivity index (χ4v) is 1.10. The zero-order chi connectivity index (χ0) is 8.39. The van der Waals surface area contributed by atoms with Gasteiger partial charge in [-0.1, -0.05) is 18.2 Å². The number of hydrogen-bond donors (Lipinski definition) is 1. The third-order valence-corrected chi connectivity index (χ3v) is 1.69. The molecule has 0 saturated heterocycles. The van der Waals surface area contributed by atoms with Crippen LogP contribution in [-0.4, -0.2) is 10.1 Å². The Balaban J connectivity index is 0.000000845. The van der Waals surface area contributed by atoms with E-state index in [-0.39, 0.29) is 12.4 Å². The van der Waals surface area contributed by atoms with Crippen LogP contribution in [0.25, 0.3) is 11.4 Å². The van der Waals surface area contributed by atoms with Gasteiger partial charge >= 0.3 is 6.33 Å². The van der Waals surface area contributed by atoms with Gasteiger partial charge in [-0.25, -0.2) is 0 Å². The zero-order valence-corrected chi connectivity index (χ0v) is 7.99. The second-order valence-corrected chi connectivity index (χ2v) is 2.68. The van der Waals surface area contributed by atoms with Crippen molar-refractivity contribution in [3.05, 3.63) is 36.7 Å². The van der Waals surface area contributed by atoms with Gasteiger partial charge in [-0.3, -0.25) is 0 Å². The van der Waals surface area contributed by atoms with Gasteiger partial charge in [0.2, 0.25) is 0 Å². The highest BCUT2D eigenvalue weighted by atomic mass is 35.5. The molecule has 0 atom stereocenters. The molecular weight excluding hydrogens is 186 g/mol. The molecule has 0 aliphatic rings. The third-order valence-electron chi connectivity index (χ3n) is 1.69. The van der Waals surface area contributed by atoms with Crippen molar-refractivity contribution in [2.75, 3.05) is 0 Å². The normalized spacial score (nSPS) is 9.31. The van der Waals surface area contributed by atoms with E-state index in [0.717, 1.165) is 11.4 Å². The molecule has 0 saturated carbocycles. The minimum Gasteiger partial charge on any atom is -1.00 e. The number of aromatic amines is 1. The van der Waals surface area contributed by atoms with E-state index in [1.54, 1.807) is 6.33 Å². The van der Waals surface area contributed by atoms with Crippen LogP contribution in [0.3, 0.4) is 0 Å². The summed E-state index contributed by atoms with van der Waals surface area (Å²) in [6.45, 7) is 0. The summed E-state index contributed by atoms with van der Waals surface area (Å²) in [6.07, 6.45) is 1.75. The summed E-state index contributed by atoms with van der Waals surface area (Å²) >= 11 is 0. The topological polar surface area (TPSA) is 32.6 Å². The largest absolute Gasteiger partial charge is 1.00 e. The fourth-order valence-electron chi connectivity index (χ4n) is 1.10. The van der Waals surface area contributed by atoms with E-state index in [4.69, 9.17) is 0 Å². The molecule has 3 nitrogen and oxygen atoms in total. The number of nitrogens with zero attached hydrogens (tertiary/aromatic N) is 2. The number of halogens is 1. The lowest BCUT2D eigenvalue weighted by Gasteiger charge is -1.88. The Hall–Kier alpha value is -1.35. The zero-order valence-electron chi connectivity index (χ0n) is 7.24. The molecule has 4 heteroatoms. The SMILES string of the molecule is C[n+]1cnc(-c2ccccc2)[nH]1.[Cl-].